The third-order valence-electron chi connectivity index (χ3n) is 5.55. The number of benzene rings is 2. The zero-order chi connectivity index (χ0) is 24.9. The maximum atomic E-state index is 12.8. The molecule has 0 aliphatic heterocycles. The van der Waals surface area contributed by atoms with Crippen LogP contribution in [0.25, 0.3) is 17.4 Å². The Morgan fingerprint density at radius 2 is 1.89 bits per heavy atom. The molecule has 0 saturated carbocycles. The second-order valence-corrected chi connectivity index (χ2v) is 7.92. The van der Waals surface area contributed by atoms with Gasteiger partial charge < -0.3 is 19.6 Å². The number of carbonyl (C=O) groups is 1. The first-order valence-electron chi connectivity index (χ1n) is 11.2. The molecule has 0 bridgehead atoms. The van der Waals surface area contributed by atoms with Gasteiger partial charge in [-0.3, -0.25) is 4.79 Å². The zero-order valence-corrected chi connectivity index (χ0v) is 19.4. The van der Waals surface area contributed by atoms with Gasteiger partial charge in [0.15, 0.2) is 28.9 Å². The quantitative estimate of drug-likeness (QED) is 0.336. The summed E-state index contributed by atoms with van der Waals surface area (Å²) >= 11 is 0. The number of methoxy groups -OCH3 is 1. The van der Waals surface area contributed by atoms with Crippen molar-refractivity contribution in [3.63, 3.8) is 0 Å². The molecule has 0 aliphatic rings. The molecule has 5 aromatic rings. The molecule has 2 N–H and O–H groups in total. The number of furan rings is 1. The van der Waals surface area contributed by atoms with Gasteiger partial charge in [0.1, 0.15) is 12.5 Å². The van der Waals surface area contributed by atoms with Gasteiger partial charge in [-0.05, 0) is 41.5 Å². The van der Waals surface area contributed by atoms with E-state index in [2.05, 4.69) is 15.1 Å². The number of hydrogen-bond acceptors (Lipinski definition) is 7. The first-order valence-corrected chi connectivity index (χ1v) is 11.2. The van der Waals surface area contributed by atoms with Crippen LogP contribution in [0.3, 0.4) is 0 Å². The van der Waals surface area contributed by atoms with E-state index < -0.39 is 11.8 Å². The predicted octanol–water partition coefficient (Wildman–Crippen LogP) is 4.13. The van der Waals surface area contributed by atoms with Gasteiger partial charge >= 0.3 is 0 Å². The Labute approximate surface area is 207 Å². The van der Waals surface area contributed by atoms with E-state index in [0.717, 1.165) is 5.56 Å². The van der Waals surface area contributed by atoms with Crippen molar-refractivity contribution in [2.24, 2.45) is 5.73 Å². The fourth-order valence-corrected chi connectivity index (χ4v) is 3.84. The van der Waals surface area contributed by atoms with Crippen molar-refractivity contribution < 1.29 is 18.7 Å². The molecule has 3 heterocycles. The van der Waals surface area contributed by atoms with Gasteiger partial charge in [-0.1, -0.05) is 36.4 Å². The van der Waals surface area contributed by atoms with Crippen LogP contribution in [0.2, 0.25) is 0 Å². The number of aromatic nitrogens is 4. The minimum atomic E-state index is -0.888. The minimum Gasteiger partial charge on any atom is -0.493 e. The Bertz CT molecular complexity index is 1400. The molecule has 3 aromatic heterocycles. The average Bonchev–Trinajstić information content (AvgIpc) is 3.63. The van der Waals surface area contributed by atoms with Gasteiger partial charge in [0.05, 0.1) is 19.1 Å². The van der Waals surface area contributed by atoms with E-state index in [-0.39, 0.29) is 0 Å². The molecule has 1 atom stereocenters. The van der Waals surface area contributed by atoms with Gasteiger partial charge in [-0.2, -0.15) is 5.10 Å². The van der Waals surface area contributed by atoms with E-state index in [9.17, 15) is 4.79 Å². The maximum absolute atomic E-state index is 12.8. The van der Waals surface area contributed by atoms with Crippen molar-refractivity contribution in [3.05, 3.63) is 108 Å². The summed E-state index contributed by atoms with van der Waals surface area (Å²) in [5.74, 6) is 0.785. The molecule has 0 radical (unpaired) electrons. The molecule has 0 aliphatic carbocycles. The van der Waals surface area contributed by atoms with Crippen LogP contribution in [0.15, 0.2) is 95.9 Å². The zero-order valence-electron chi connectivity index (χ0n) is 19.4. The third kappa shape index (κ3) is 4.80. The molecule has 9 nitrogen and oxygen atoms in total. The molecule has 36 heavy (non-hydrogen) atoms. The largest absolute Gasteiger partial charge is 0.493 e. The summed E-state index contributed by atoms with van der Waals surface area (Å²) < 4.78 is 18.6. The summed E-state index contributed by atoms with van der Waals surface area (Å²) in [6.45, 7) is 0.335. The summed E-state index contributed by atoms with van der Waals surface area (Å²) in [5.41, 5.74) is 7.90. The van der Waals surface area contributed by atoms with Crippen molar-refractivity contribution in [3.8, 4) is 28.9 Å². The Morgan fingerprint density at radius 3 is 2.58 bits per heavy atom. The SMILES string of the molecule is COc1ccc(C(C(N)=O)c2cc(-n3cccn3)nc(-c3ccco3)n2)cc1OCc1ccccc1. The normalized spacial score (nSPS) is 11.7. The summed E-state index contributed by atoms with van der Waals surface area (Å²) in [5, 5.41) is 4.26. The van der Waals surface area contributed by atoms with Crippen LogP contribution in [0.4, 0.5) is 0 Å². The highest BCUT2D eigenvalue weighted by Gasteiger charge is 2.26. The van der Waals surface area contributed by atoms with Crippen molar-refractivity contribution >= 4 is 5.91 Å². The van der Waals surface area contributed by atoms with E-state index in [0.29, 0.717) is 46.8 Å². The monoisotopic (exact) mass is 481 g/mol. The molecular weight excluding hydrogens is 458 g/mol. The number of hydrogen-bond donors (Lipinski definition) is 1. The van der Waals surface area contributed by atoms with Crippen molar-refractivity contribution in [1.82, 2.24) is 19.7 Å². The second kappa shape index (κ2) is 10.1. The van der Waals surface area contributed by atoms with Gasteiger partial charge in [-0.15, -0.1) is 0 Å². The summed E-state index contributed by atoms with van der Waals surface area (Å²) in [6, 6.07) is 22.0. The number of carbonyl (C=O) groups excluding carboxylic acids is 1. The minimum absolute atomic E-state index is 0.309. The molecule has 2 aromatic carbocycles. The summed E-state index contributed by atoms with van der Waals surface area (Å²) in [4.78, 5) is 22.0. The van der Waals surface area contributed by atoms with Gasteiger partial charge in [-0.25, -0.2) is 14.6 Å². The number of ether oxygens (including phenoxy) is 2. The number of amides is 1. The van der Waals surface area contributed by atoms with Crippen molar-refractivity contribution in [2.75, 3.05) is 7.11 Å². The molecular formula is C27H23N5O4. The van der Waals surface area contributed by atoms with E-state index >= 15 is 0 Å². The first kappa shape index (κ1) is 22.9. The van der Waals surface area contributed by atoms with Crippen LogP contribution >= 0.6 is 0 Å². The fraction of sp³-hybridized carbons (Fsp3) is 0.111. The topological polar surface area (TPSA) is 118 Å². The lowest BCUT2D eigenvalue weighted by Crippen LogP contribution is -2.24. The Balaban J connectivity index is 1.56. The van der Waals surface area contributed by atoms with Gasteiger partial charge in [0.2, 0.25) is 5.91 Å². The number of nitrogens with zero attached hydrogens (tertiary/aromatic N) is 4. The van der Waals surface area contributed by atoms with Crippen LogP contribution < -0.4 is 15.2 Å². The number of rotatable bonds is 9. The lowest BCUT2D eigenvalue weighted by Gasteiger charge is -2.18. The molecule has 1 unspecified atom stereocenters. The molecule has 0 fully saturated rings. The van der Waals surface area contributed by atoms with Crippen LogP contribution in [-0.4, -0.2) is 32.8 Å². The highest BCUT2D eigenvalue weighted by molar-refractivity contribution is 5.85. The van der Waals surface area contributed by atoms with E-state index in [4.69, 9.17) is 19.6 Å². The van der Waals surface area contributed by atoms with Crippen molar-refractivity contribution in [2.45, 2.75) is 12.5 Å². The van der Waals surface area contributed by atoms with Crippen LogP contribution in [-0.2, 0) is 11.4 Å². The number of nitrogens with two attached hydrogens (primary N) is 1. The maximum Gasteiger partial charge on any atom is 0.231 e. The first-order chi connectivity index (χ1) is 17.6. The molecule has 0 spiro atoms. The lowest BCUT2D eigenvalue weighted by atomic mass is 9.94. The second-order valence-electron chi connectivity index (χ2n) is 7.92. The smallest absolute Gasteiger partial charge is 0.231 e. The van der Waals surface area contributed by atoms with Crippen molar-refractivity contribution in [1.29, 1.82) is 0 Å². The third-order valence-corrected chi connectivity index (χ3v) is 5.55. The Kier molecular flexibility index (Phi) is 6.44. The molecule has 180 valence electrons. The average molecular weight is 482 g/mol. The lowest BCUT2D eigenvalue weighted by molar-refractivity contribution is -0.118. The summed E-state index contributed by atoms with van der Waals surface area (Å²) in [7, 11) is 1.56. The van der Waals surface area contributed by atoms with Crippen LogP contribution in [0.5, 0.6) is 11.5 Å². The van der Waals surface area contributed by atoms with Crippen LogP contribution in [0.1, 0.15) is 22.7 Å². The highest BCUT2D eigenvalue weighted by atomic mass is 16.5. The molecule has 9 heteroatoms. The van der Waals surface area contributed by atoms with E-state index in [1.54, 1.807) is 66.6 Å². The molecule has 0 saturated heterocycles. The van der Waals surface area contributed by atoms with E-state index in [1.165, 1.54) is 6.26 Å². The van der Waals surface area contributed by atoms with E-state index in [1.807, 2.05) is 30.3 Å². The molecule has 1 amide bonds. The number of primary amides is 1. The summed E-state index contributed by atoms with van der Waals surface area (Å²) in [6.07, 6.45) is 4.92. The highest BCUT2D eigenvalue weighted by Crippen LogP contribution is 2.34. The molecule has 5 rings (SSSR count). The Hall–Kier alpha value is -4.92. The predicted molar refractivity (Wildman–Crippen MR) is 132 cm³/mol. The van der Waals surface area contributed by atoms with Gasteiger partial charge in [0.25, 0.3) is 0 Å². The Morgan fingerprint density at radius 1 is 1.03 bits per heavy atom. The fourth-order valence-electron chi connectivity index (χ4n) is 3.84. The van der Waals surface area contributed by atoms with Crippen LogP contribution in [0, 0.1) is 0 Å². The van der Waals surface area contributed by atoms with Gasteiger partial charge in [0, 0.05) is 18.5 Å². The standard InChI is InChI=1S/C27H23N5O4/c1-34-21-11-10-19(15-23(21)36-17-18-7-3-2-4-8-18)25(26(28)33)20-16-24(32-13-6-12-29-32)31-27(30-20)22-9-5-14-35-22/h2-16,25H,17H2,1H3,(H2,28,33).